The van der Waals surface area contributed by atoms with Gasteiger partial charge in [-0.05, 0) is 53.6 Å². The van der Waals surface area contributed by atoms with Crippen LogP contribution in [0.2, 0.25) is 10.0 Å². The number of hydrogen-bond donors (Lipinski definition) is 2. The smallest absolute Gasteiger partial charge is 0.248 e. The van der Waals surface area contributed by atoms with Crippen LogP contribution in [0.25, 0.3) is 0 Å². The van der Waals surface area contributed by atoms with Gasteiger partial charge in [-0.1, -0.05) is 47.5 Å². The lowest BCUT2D eigenvalue weighted by Crippen LogP contribution is -2.50. The maximum Gasteiger partial charge on any atom is 0.248 e. The number of benzene rings is 3. The summed E-state index contributed by atoms with van der Waals surface area (Å²) >= 11 is 12.7. The van der Waals surface area contributed by atoms with Gasteiger partial charge in [0.1, 0.15) is 0 Å². The molecule has 2 atom stereocenters. The van der Waals surface area contributed by atoms with E-state index in [1.807, 2.05) is 42.5 Å². The zero-order chi connectivity index (χ0) is 24.2. The topological polar surface area (TPSA) is 93.6 Å². The Labute approximate surface area is 208 Å². The number of nitrogens with two attached hydrogens (primary N) is 1. The Morgan fingerprint density at radius 1 is 1.09 bits per heavy atom. The molecule has 0 aliphatic carbocycles. The molecule has 3 aromatic rings. The minimum absolute atomic E-state index is 0.0483. The van der Waals surface area contributed by atoms with Crippen LogP contribution in [0.3, 0.4) is 0 Å². The molecule has 174 valence electrons. The quantitative estimate of drug-likeness (QED) is 0.523. The van der Waals surface area contributed by atoms with E-state index in [9.17, 15) is 9.90 Å². The van der Waals surface area contributed by atoms with E-state index in [2.05, 4.69) is 15.9 Å². The van der Waals surface area contributed by atoms with Gasteiger partial charge in [-0.15, -0.1) is 0 Å². The van der Waals surface area contributed by atoms with Crippen molar-refractivity contribution in [2.24, 2.45) is 5.73 Å². The van der Waals surface area contributed by atoms with Crippen molar-refractivity contribution in [3.63, 3.8) is 0 Å². The van der Waals surface area contributed by atoms with Crippen molar-refractivity contribution in [3.05, 3.63) is 99.0 Å². The Bertz CT molecular complexity index is 1210. The fourth-order valence-corrected chi connectivity index (χ4v) is 4.87. The number of amides is 1. The SMILES string of the molecule is N#Cc1ccc([C@@H](CO)N2CCN(c3ccc(C(N)=O)cc3Cl)[C@H](c3ccc(Cl)cc3)C2)cc1. The van der Waals surface area contributed by atoms with Gasteiger partial charge in [0.15, 0.2) is 0 Å². The third-order valence-corrected chi connectivity index (χ3v) is 6.80. The van der Waals surface area contributed by atoms with E-state index in [4.69, 9.17) is 34.2 Å². The highest BCUT2D eigenvalue weighted by molar-refractivity contribution is 6.33. The number of hydrogen-bond acceptors (Lipinski definition) is 5. The first-order valence-electron chi connectivity index (χ1n) is 10.9. The predicted molar refractivity (Wildman–Crippen MR) is 134 cm³/mol. The number of carbonyl (C=O) groups excluding carboxylic acids is 1. The highest BCUT2D eigenvalue weighted by Crippen LogP contribution is 2.38. The maximum atomic E-state index is 11.6. The second kappa shape index (κ2) is 10.5. The monoisotopic (exact) mass is 494 g/mol. The summed E-state index contributed by atoms with van der Waals surface area (Å²) in [6.07, 6.45) is 0. The maximum absolute atomic E-state index is 11.6. The number of carbonyl (C=O) groups is 1. The van der Waals surface area contributed by atoms with Gasteiger partial charge in [-0.3, -0.25) is 9.69 Å². The van der Waals surface area contributed by atoms with Crippen LogP contribution in [-0.4, -0.2) is 42.2 Å². The van der Waals surface area contributed by atoms with Gasteiger partial charge in [0.25, 0.3) is 0 Å². The van der Waals surface area contributed by atoms with Crippen molar-refractivity contribution >= 4 is 34.8 Å². The second-order valence-electron chi connectivity index (χ2n) is 8.22. The summed E-state index contributed by atoms with van der Waals surface area (Å²) in [6.45, 7) is 1.91. The average molecular weight is 495 g/mol. The predicted octanol–water partition coefficient (Wildman–Crippen LogP) is 4.56. The molecule has 3 aromatic carbocycles. The van der Waals surface area contributed by atoms with Crippen molar-refractivity contribution in [1.82, 2.24) is 4.90 Å². The Kier molecular flexibility index (Phi) is 7.40. The summed E-state index contributed by atoms with van der Waals surface area (Å²) in [5, 5.41) is 20.5. The molecular weight excluding hydrogens is 471 g/mol. The molecule has 6 nitrogen and oxygen atoms in total. The molecule has 1 heterocycles. The molecule has 1 aliphatic heterocycles. The molecule has 3 N–H and O–H groups in total. The van der Waals surface area contributed by atoms with Crippen molar-refractivity contribution in [2.75, 3.05) is 31.1 Å². The Morgan fingerprint density at radius 2 is 1.79 bits per heavy atom. The fourth-order valence-electron chi connectivity index (χ4n) is 4.45. The van der Waals surface area contributed by atoms with Crippen LogP contribution < -0.4 is 10.6 Å². The molecule has 4 rings (SSSR count). The van der Waals surface area contributed by atoms with E-state index in [0.717, 1.165) is 16.8 Å². The van der Waals surface area contributed by atoms with Crippen LogP contribution in [0.15, 0.2) is 66.7 Å². The molecule has 8 heteroatoms. The minimum atomic E-state index is -0.527. The number of anilines is 1. The summed E-state index contributed by atoms with van der Waals surface area (Å²) in [5.74, 6) is -0.527. The second-order valence-corrected chi connectivity index (χ2v) is 9.06. The highest BCUT2D eigenvalue weighted by Gasteiger charge is 2.33. The zero-order valence-corrected chi connectivity index (χ0v) is 19.9. The number of aliphatic hydroxyl groups excluding tert-OH is 1. The number of nitriles is 1. The van der Waals surface area contributed by atoms with Gasteiger partial charge in [0.2, 0.25) is 5.91 Å². The van der Waals surface area contributed by atoms with E-state index < -0.39 is 5.91 Å². The molecule has 1 aliphatic rings. The molecular formula is C26H24Cl2N4O2. The van der Waals surface area contributed by atoms with Gasteiger partial charge in [-0.2, -0.15) is 5.26 Å². The Hall–Kier alpha value is -3.08. The van der Waals surface area contributed by atoms with Crippen molar-refractivity contribution in [1.29, 1.82) is 5.26 Å². The number of rotatable bonds is 6. The van der Waals surface area contributed by atoms with Crippen molar-refractivity contribution in [2.45, 2.75) is 12.1 Å². The third-order valence-electron chi connectivity index (χ3n) is 6.25. The summed E-state index contributed by atoms with van der Waals surface area (Å²) in [7, 11) is 0. The molecule has 0 spiro atoms. The molecule has 1 fully saturated rings. The van der Waals surface area contributed by atoms with E-state index in [0.29, 0.717) is 40.8 Å². The normalized spacial score (nSPS) is 17.2. The molecule has 0 unspecified atom stereocenters. The van der Waals surface area contributed by atoms with Crippen LogP contribution >= 0.6 is 23.2 Å². The molecule has 1 saturated heterocycles. The molecule has 0 saturated carbocycles. The van der Waals surface area contributed by atoms with Gasteiger partial charge < -0.3 is 15.7 Å². The largest absolute Gasteiger partial charge is 0.394 e. The van der Waals surface area contributed by atoms with Crippen LogP contribution in [0.1, 0.15) is 39.1 Å². The fraction of sp³-hybridized carbons (Fsp3) is 0.231. The molecule has 0 bridgehead atoms. The van der Waals surface area contributed by atoms with Crippen LogP contribution in [0, 0.1) is 11.3 Å². The number of halogens is 2. The lowest BCUT2D eigenvalue weighted by molar-refractivity contribution is 0.100. The summed E-state index contributed by atoms with van der Waals surface area (Å²) in [4.78, 5) is 16.0. The molecule has 0 aromatic heterocycles. The Morgan fingerprint density at radius 3 is 2.38 bits per heavy atom. The molecule has 0 radical (unpaired) electrons. The molecule has 1 amide bonds. The van der Waals surface area contributed by atoms with Gasteiger partial charge >= 0.3 is 0 Å². The lowest BCUT2D eigenvalue weighted by atomic mass is 9.97. The highest BCUT2D eigenvalue weighted by atomic mass is 35.5. The first kappa shape index (κ1) is 24.1. The number of nitrogens with zero attached hydrogens (tertiary/aromatic N) is 3. The number of primary amides is 1. The van der Waals surface area contributed by atoms with E-state index >= 15 is 0 Å². The molecule has 34 heavy (non-hydrogen) atoms. The summed E-state index contributed by atoms with van der Waals surface area (Å²) in [6, 6.07) is 22.0. The lowest BCUT2D eigenvalue weighted by Gasteiger charge is -2.46. The number of aliphatic hydroxyl groups is 1. The van der Waals surface area contributed by atoms with Gasteiger partial charge in [-0.25, -0.2) is 0 Å². The van der Waals surface area contributed by atoms with Crippen LogP contribution in [-0.2, 0) is 0 Å². The first-order chi connectivity index (χ1) is 16.4. The van der Waals surface area contributed by atoms with Gasteiger partial charge in [0, 0.05) is 30.2 Å². The van der Waals surface area contributed by atoms with Crippen molar-refractivity contribution in [3.8, 4) is 6.07 Å². The van der Waals surface area contributed by atoms with E-state index in [1.54, 1.807) is 24.3 Å². The summed E-state index contributed by atoms with van der Waals surface area (Å²) < 4.78 is 0. The zero-order valence-electron chi connectivity index (χ0n) is 18.4. The minimum Gasteiger partial charge on any atom is -0.394 e. The van der Waals surface area contributed by atoms with E-state index in [1.165, 1.54) is 0 Å². The average Bonchev–Trinajstić information content (AvgIpc) is 2.85. The van der Waals surface area contributed by atoms with Crippen LogP contribution in [0.5, 0.6) is 0 Å². The third kappa shape index (κ3) is 5.03. The standard InChI is InChI=1S/C26H24Cl2N4O2/c27-21-8-5-18(6-9-21)24-15-31(25(16-33)19-3-1-17(14-29)2-4-19)11-12-32(24)23-10-7-20(26(30)34)13-22(23)28/h1-10,13,24-25,33H,11-12,15-16H2,(H2,30,34)/t24-,25+/m0/s1. The summed E-state index contributed by atoms with van der Waals surface area (Å²) in [5.41, 5.74) is 9.17. The number of piperazine rings is 1. The van der Waals surface area contributed by atoms with Crippen molar-refractivity contribution < 1.29 is 9.90 Å². The Balaban J connectivity index is 1.68. The first-order valence-corrected chi connectivity index (χ1v) is 11.6. The van der Waals surface area contributed by atoms with Gasteiger partial charge in [0.05, 0.1) is 41.0 Å². The van der Waals surface area contributed by atoms with E-state index in [-0.39, 0.29) is 18.7 Å². The van der Waals surface area contributed by atoms with Crippen LogP contribution in [0.4, 0.5) is 5.69 Å².